The van der Waals surface area contributed by atoms with Crippen molar-refractivity contribution in [2.45, 2.75) is 0 Å². The van der Waals surface area contributed by atoms with E-state index < -0.39 is 0 Å². The Hall–Kier alpha value is -6.27. The van der Waals surface area contributed by atoms with E-state index in [-0.39, 0.29) is 0 Å². The zero-order chi connectivity index (χ0) is 34.2. The summed E-state index contributed by atoms with van der Waals surface area (Å²) in [4.78, 5) is 15.7. The molecular formula is C47H27N3S2. The molecule has 242 valence electrons. The second-order valence-electron chi connectivity index (χ2n) is 13.2. The van der Waals surface area contributed by atoms with Gasteiger partial charge in [-0.25, -0.2) is 15.0 Å². The number of thiophene rings is 2. The predicted molar refractivity (Wildman–Crippen MR) is 222 cm³/mol. The average molecular weight is 698 g/mol. The van der Waals surface area contributed by atoms with E-state index in [1.807, 2.05) is 40.9 Å². The maximum absolute atomic E-state index is 5.28. The Morgan fingerprint density at radius 3 is 2.02 bits per heavy atom. The molecule has 0 spiro atoms. The van der Waals surface area contributed by atoms with Gasteiger partial charge in [0.1, 0.15) is 0 Å². The van der Waals surface area contributed by atoms with Crippen LogP contribution in [0.1, 0.15) is 0 Å². The molecule has 4 aromatic heterocycles. The number of hydrogen-bond donors (Lipinski definition) is 0. The number of para-hydroxylation sites is 1. The first-order valence-corrected chi connectivity index (χ1v) is 19.0. The minimum Gasteiger partial charge on any atom is -0.246 e. The molecule has 52 heavy (non-hydrogen) atoms. The van der Waals surface area contributed by atoms with Crippen LogP contribution in [0.2, 0.25) is 0 Å². The monoisotopic (exact) mass is 697 g/mol. The van der Waals surface area contributed by atoms with Crippen LogP contribution in [0.3, 0.4) is 0 Å². The van der Waals surface area contributed by atoms with Gasteiger partial charge in [-0.15, -0.1) is 22.7 Å². The van der Waals surface area contributed by atoms with Gasteiger partial charge >= 0.3 is 0 Å². The van der Waals surface area contributed by atoms with Gasteiger partial charge in [-0.2, -0.15) is 0 Å². The van der Waals surface area contributed by atoms with Crippen LogP contribution in [-0.2, 0) is 0 Å². The maximum atomic E-state index is 5.28. The Morgan fingerprint density at radius 2 is 1.10 bits per heavy atom. The molecule has 0 saturated heterocycles. The van der Waals surface area contributed by atoms with Crippen LogP contribution in [0, 0.1) is 0 Å². The minimum atomic E-state index is 0.717. The third-order valence-corrected chi connectivity index (χ3v) is 12.5. The molecule has 0 amide bonds. The first kappa shape index (κ1) is 29.5. The Morgan fingerprint density at radius 1 is 0.385 bits per heavy atom. The van der Waals surface area contributed by atoms with E-state index in [1.165, 1.54) is 51.1 Å². The summed E-state index contributed by atoms with van der Waals surface area (Å²) >= 11 is 3.64. The van der Waals surface area contributed by atoms with E-state index in [0.29, 0.717) is 0 Å². The summed E-state index contributed by atoms with van der Waals surface area (Å²) < 4.78 is 4.95. The van der Waals surface area contributed by atoms with Crippen molar-refractivity contribution in [2.75, 3.05) is 0 Å². The summed E-state index contributed by atoms with van der Waals surface area (Å²) in [5.41, 5.74) is 8.15. The van der Waals surface area contributed by atoms with E-state index >= 15 is 0 Å². The molecule has 0 atom stereocenters. The summed E-state index contributed by atoms with van der Waals surface area (Å²) in [6.07, 6.45) is 0. The van der Waals surface area contributed by atoms with Gasteiger partial charge in [-0.3, -0.25) is 0 Å². The summed E-state index contributed by atoms with van der Waals surface area (Å²) in [7, 11) is 0. The summed E-state index contributed by atoms with van der Waals surface area (Å²) in [6.45, 7) is 0. The standard InChI is InChI=1S/C47H27N3S2/c1-2-12-29(13-3-1)47-49-39(27-40(50-47)36-18-10-17-34-33-15-7-9-20-41(33)51-45(34)36)31-23-24-42-37(26-31)43-35-16-6-8-19-38(35)48-44(46(43)52-42)32-22-21-28-11-4-5-14-30(28)25-32/h1-27H. The molecule has 0 aliphatic rings. The molecule has 11 rings (SSSR count). The molecule has 0 N–H and O–H groups in total. The molecular weight excluding hydrogens is 671 g/mol. The molecule has 0 unspecified atom stereocenters. The molecule has 0 radical (unpaired) electrons. The molecule has 0 aliphatic heterocycles. The molecule has 0 fully saturated rings. The predicted octanol–water partition coefficient (Wildman–Crippen LogP) is 13.6. The quantitative estimate of drug-likeness (QED) is 0.184. The number of benzene rings is 7. The topological polar surface area (TPSA) is 38.7 Å². The fraction of sp³-hybridized carbons (Fsp3) is 0. The highest BCUT2D eigenvalue weighted by Crippen LogP contribution is 2.45. The van der Waals surface area contributed by atoms with E-state index in [0.717, 1.165) is 56.1 Å². The highest BCUT2D eigenvalue weighted by molar-refractivity contribution is 7.26. The van der Waals surface area contributed by atoms with Gasteiger partial charge in [-0.05, 0) is 47.2 Å². The Labute approximate surface area is 307 Å². The van der Waals surface area contributed by atoms with E-state index in [4.69, 9.17) is 15.0 Å². The van der Waals surface area contributed by atoms with Crippen molar-refractivity contribution in [2.24, 2.45) is 0 Å². The highest BCUT2D eigenvalue weighted by atomic mass is 32.1. The Kier molecular flexibility index (Phi) is 6.59. The highest BCUT2D eigenvalue weighted by Gasteiger charge is 2.19. The molecule has 7 aromatic carbocycles. The summed E-state index contributed by atoms with van der Waals surface area (Å²) in [5.74, 6) is 0.717. The maximum Gasteiger partial charge on any atom is 0.160 e. The number of fused-ring (bicyclic) bond motifs is 9. The van der Waals surface area contributed by atoms with Crippen molar-refractivity contribution in [1.82, 2.24) is 15.0 Å². The van der Waals surface area contributed by atoms with Gasteiger partial charge in [-0.1, -0.05) is 127 Å². The van der Waals surface area contributed by atoms with Crippen LogP contribution in [0.4, 0.5) is 0 Å². The van der Waals surface area contributed by atoms with Crippen molar-refractivity contribution in [3.63, 3.8) is 0 Å². The van der Waals surface area contributed by atoms with Crippen LogP contribution in [-0.4, -0.2) is 15.0 Å². The van der Waals surface area contributed by atoms with E-state index in [2.05, 4.69) is 146 Å². The van der Waals surface area contributed by atoms with Crippen LogP contribution < -0.4 is 0 Å². The smallest absolute Gasteiger partial charge is 0.160 e. The Bertz CT molecular complexity index is 3190. The second kappa shape index (κ2) is 11.6. The molecule has 3 nitrogen and oxygen atoms in total. The summed E-state index contributed by atoms with van der Waals surface area (Å²) in [6, 6.07) is 58.2. The fourth-order valence-electron chi connectivity index (χ4n) is 7.58. The third-order valence-electron chi connectivity index (χ3n) is 10.1. The van der Waals surface area contributed by atoms with Gasteiger partial charge in [0.15, 0.2) is 5.82 Å². The lowest BCUT2D eigenvalue weighted by atomic mass is 9.99. The summed E-state index contributed by atoms with van der Waals surface area (Å²) in [5, 5.41) is 8.60. The van der Waals surface area contributed by atoms with Crippen molar-refractivity contribution in [1.29, 1.82) is 0 Å². The molecule has 0 aliphatic carbocycles. The lowest BCUT2D eigenvalue weighted by Gasteiger charge is -2.11. The van der Waals surface area contributed by atoms with Gasteiger partial charge in [0.05, 0.1) is 27.3 Å². The second-order valence-corrected chi connectivity index (χ2v) is 15.3. The minimum absolute atomic E-state index is 0.717. The van der Waals surface area contributed by atoms with Gasteiger partial charge in [0.2, 0.25) is 0 Å². The normalized spacial score (nSPS) is 11.8. The van der Waals surface area contributed by atoms with Crippen LogP contribution in [0.15, 0.2) is 164 Å². The van der Waals surface area contributed by atoms with Crippen LogP contribution in [0.25, 0.3) is 107 Å². The van der Waals surface area contributed by atoms with Crippen molar-refractivity contribution in [3.8, 4) is 45.2 Å². The molecule has 4 heterocycles. The SMILES string of the molecule is c1ccc(-c2nc(-c3ccc4sc5c(-c6ccc7ccccc7c6)nc6ccccc6c5c4c3)cc(-c3cccc4c3sc3ccccc34)n2)cc1. The molecule has 11 aromatic rings. The Balaban J connectivity index is 1.15. The molecule has 5 heteroatoms. The van der Waals surface area contributed by atoms with Crippen LogP contribution >= 0.6 is 22.7 Å². The third kappa shape index (κ3) is 4.67. The van der Waals surface area contributed by atoms with Gasteiger partial charge in [0, 0.05) is 63.3 Å². The number of aromatic nitrogens is 3. The van der Waals surface area contributed by atoms with Gasteiger partial charge < -0.3 is 0 Å². The van der Waals surface area contributed by atoms with E-state index in [9.17, 15) is 0 Å². The molecule has 0 bridgehead atoms. The lowest BCUT2D eigenvalue weighted by Crippen LogP contribution is -1.96. The zero-order valence-corrected chi connectivity index (χ0v) is 29.4. The number of hydrogen-bond acceptors (Lipinski definition) is 5. The first-order chi connectivity index (χ1) is 25.7. The fourth-order valence-corrected chi connectivity index (χ4v) is 10.0. The lowest BCUT2D eigenvalue weighted by molar-refractivity contribution is 1.19. The van der Waals surface area contributed by atoms with Crippen molar-refractivity contribution in [3.05, 3.63) is 164 Å². The van der Waals surface area contributed by atoms with E-state index in [1.54, 1.807) is 0 Å². The average Bonchev–Trinajstić information content (AvgIpc) is 3.79. The van der Waals surface area contributed by atoms with Crippen LogP contribution in [0.5, 0.6) is 0 Å². The molecule has 0 saturated carbocycles. The number of rotatable bonds is 4. The van der Waals surface area contributed by atoms with Gasteiger partial charge in [0.25, 0.3) is 0 Å². The van der Waals surface area contributed by atoms with Crippen molar-refractivity contribution < 1.29 is 0 Å². The number of nitrogens with zero attached hydrogens (tertiary/aromatic N) is 3. The first-order valence-electron chi connectivity index (χ1n) is 17.3. The zero-order valence-electron chi connectivity index (χ0n) is 27.7. The van der Waals surface area contributed by atoms with Crippen molar-refractivity contribution >= 4 is 84.7 Å². The largest absolute Gasteiger partial charge is 0.246 e. The number of pyridine rings is 1.